The van der Waals surface area contributed by atoms with Crippen molar-refractivity contribution in [3.8, 4) is 0 Å². The molecule has 0 aromatic carbocycles. The summed E-state index contributed by atoms with van der Waals surface area (Å²) in [6.07, 6.45) is -2.48. The first-order valence-corrected chi connectivity index (χ1v) is 6.97. The van der Waals surface area contributed by atoms with Crippen LogP contribution in [0.15, 0.2) is 17.3 Å². The predicted molar refractivity (Wildman–Crippen MR) is 79.5 cm³/mol. The van der Waals surface area contributed by atoms with Crippen LogP contribution in [0, 0.1) is 5.92 Å². The van der Waals surface area contributed by atoms with Gasteiger partial charge in [0.05, 0.1) is 0 Å². The Bertz CT molecular complexity index is 487. The van der Waals surface area contributed by atoms with Crippen LogP contribution in [0.5, 0.6) is 0 Å². The number of alkyl halides is 3. The minimum Gasteiger partial charge on any atom is -0.370 e. The molecule has 0 unspecified atom stereocenters. The smallest absolute Gasteiger partial charge is 0.370 e. The van der Waals surface area contributed by atoms with E-state index in [-0.39, 0.29) is 5.95 Å². The molecule has 22 heavy (non-hydrogen) atoms. The Morgan fingerprint density at radius 1 is 1.36 bits per heavy atom. The molecule has 0 saturated heterocycles. The normalized spacial score (nSPS) is 12.5. The number of aliphatic imine (C=N–C) groups is 1. The highest BCUT2D eigenvalue weighted by molar-refractivity contribution is 5.77. The summed E-state index contributed by atoms with van der Waals surface area (Å²) in [6.45, 7) is 5.55. The topological polar surface area (TPSA) is 88.2 Å². The Labute approximate surface area is 127 Å². The molecule has 6 nitrogen and oxygen atoms in total. The molecule has 0 radical (unpaired) electrons. The maximum absolute atomic E-state index is 12.5. The van der Waals surface area contributed by atoms with Crippen molar-refractivity contribution in [3.05, 3.63) is 18.0 Å². The van der Waals surface area contributed by atoms with Crippen LogP contribution in [-0.2, 0) is 6.18 Å². The van der Waals surface area contributed by atoms with Crippen LogP contribution in [0.1, 0.15) is 26.0 Å². The van der Waals surface area contributed by atoms with E-state index in [1.807, 2.05) is 0 Å². The second kappa shape index (κ2) is 8.40. The molecule has 0 bridgehead atoms. The zero-order valence-electron chi connectivity index (χ0n) is 12.6. The Morgan fingerprint density at radius 2 is 2.09 bits per heavy atom. The second-order valence-electron chi connectivity index (χ2n) is 5.07. The molecule has 0 saturated carbocycles. The van der Waals surface area contributed by atoms with Crippen molar-refractivity contribution < 1.29 is 13.2 Å². The molecule has 124 valence electrons. The van der Waals surface area contributed by atoms with Crippen molar-refractivity contribution in [2.24, 2.45) is 16.6 Å². The van der Waals surface area contributed by atoms with E-state index in [0.29, 0.717) is 31.5 Å². The summed E-state index contributed by atoms with van der Waals surface area (Å²) < 4.78 is 37.4. The molecule has 0 amide bonds. The molecule has 0 aliphatic carbocycles. The summed E-state index contributed by atoms with van der Waals surface area (Å²) >= 11 is 0. The molecule has 1 rings (SSSR count). The number of halogens is 3. The lowest BCUT2D eigenvalue weighted by atomic mass is 10.1. The molecule has 0 aliphatic heterocycles. The van der Waals surface area contributed by atoms with Gasteiger partial charge in [0.25, 0.3) is 0 Å². The number of hydrogen-bond donors (Lipinski definition) is 3. The fraction of sp³-hybridized carbons (Fsp3) is 0.615. The van der Waals surface area contributed by atoms with E-state index in [1.54, 1.807) is 0 Å². The number of anilines is 1. The highest BCUT2D eigenvalue weighted by Gasteiger charge is 2.32. The quantitative estimate of drug-likeness (QED) is 0.406. The van der Waals surface area contributed by atoms with Gasteiger partial charge in [0, 0.05) is 25.8 Å². The van der Waals surface area contributed by atoms with Gasteiger partial charge in [-0.25, -0.2) is 9.97 Å². The van der Waals surface area contributed by atoms with Crippen LogP contribution < -0.4 is 16.4 Å². The maximum Gasteiger partial charge on any atom is 0.433 e. The molecule has 0 atom stereocenters. The standard InChI is InChI=1S/C13H21F3N6/c1-9(2)3-5-18-11(17)19-7-8-21-12-20-6-4-10(22-12)13(14,15)16/h4,6,9H,3,5,7-8H2,1-2H3,(H3,17,18,19)(H,20,21,22). The summed E-state index contributed by atoms with van der Waals surface area (Å²) in [5.74, 6) is 0.788. The van der Waals surface area contributed by atoms with Gasteiger partial charge in [-0.05, 0) is 18.4 Å². The van der Waals surface area contributed by atoms with E-state index in [4.69, 9.17) is 5.73 Å². The van der Waals surface area contributed by atoms with Crippen molar-refractivity contribution in [3.63, 3.8) is 0 Å². The minimum absolute atomic E-state index is 0.0769. The lowest BCUT2D eigenvalue weighted by Gasteiger charge is -2.09. The monoisotopic (exact) mass is 318 g/mol. The number of rotatable bonds is 7. The highest BCUT2D eigenvalue weighted by Crippen LogP contribution is 2.27. The molecular formula is C13H21F3N6. The fourth-order valence-corrected chi connectivity index (χ4v) is 1.47. The zero-order valence-corrected chi connectivity index (χ0v) is 12.6. The predicted octanol–water partition coefficient (Wildman–Crippen LogP) is 1.86. The average Bonchev–Trinajstić information content (AvgIpc) is 2.42. The summed E-state index contributed by atoms with van der Waals surface area (Å²) in [7, 11) is 0. The summed E-state index contributed by atoms with van der Waals surface area (Å²) in [4.78, 5) is 11.3. The van der Waals surface area contributed by atoms with E-state index in [1.165, 1.54) is 0 Å². The van der Waals surface area contributed by atoms with E-state index in [9.17, 15) is 13.2 Å². The molecule has 9 heteroatoms. The molecule has 1 heterocycles. The van der Waals surface area contributed by atoms with Gasteiger partial charge in [0.1, 0.15) is 5.69 Å². The van der Waals surface area contributed by atoms with Crippen LogP contribution in [0.2, 0.25) is 0 Å². The molecule has 1 aromatic heterocycles. The Morgan fingerprint density at radius 3 is 2.73 bits per heavy atom. The lowest BCUT2D eigenvalue weighted by Crippen LogP contribution is -2.35. The minimum atomic E-state index is -4.48. The van der Waals surface area contributed by atoms with Gasteiger partial charge in [0.2, 0.25) is 5.95 Å². The lowest BCUT2D eigenvalue weighted by molar-refractivity contribution is -0.141. The first-order chi connectivity index (χ1) is 10.3. The van der Waals surface area contributed by atoms with E-state index >= 15 is 0 Å². The summed E-state index contributed by atoms with van der Waals surface area (Å²) in [5, 5.41) is 5.55. The largest absolute Gasteiger partial charge is 0.433 e. The summed E-state index contributed by atoms with van der Waals surface area (Å²) in [6, 6.07) is 0.822. The Kier molecular flexibility index (Phi) is 6.87. The van der Waals surface area contributed by atoms with Crippen LogP contribution in [-0.4, -0.2) is 35.6 Å². The van der Waals surface area contributed by atoms with Crippen LogP contribution in [0.3, 0.4) is 0 Å². The zero-order chi connectivity index (χ0) is 16.6. The van der Waals surface area contributed by atoms with Gasteiger partial charge < -0.3 is 16.4 Å². The summed E-state index contributed by atoms with van der Waals surface area (Å²) in [5.41, 5.74) is 4.67. The number of nitrogens with two attached hydrogens (primary N) is 1. The number of nitrogens with zero attached hydrogens (tertiary/aromatic N) is 3. The third-order valence-corrected chi connectivity index (χ3v) is 2.65. The fourth-order valence-electron chi connectivity index (χ4n) is 1.47. The van der Waals surface area contributed by atoms with Crippen molar-refractivity contribution in [1.82, 2.24) is 15.3 Å². The van der Waals surface area contributed by atoms with E-state index < -0.39 is 11.9 Å². The third kappa shape index (κ3) is 7.09. The molecule has 4 N–H and O–H groups in total. The van der Waals surface area contributed by atoms with Crippen LogP contribution >= 0.6 is 0 Å². The number of nitrogens with one attached hydrogen (secondary N) is 2. The van der Waals surface area contributed by atoms with Gasteiger partial charge in [0.15, 0.2) is 5.96 Å². The second-order valence-corrected chi connectivity index (χ2v) is 5.07. The number of guanidine groups is 1. The van der Waals surface area contributed by atoms with Gasteiger partial charge >= 0.3 is 6.18 Å². The van der Waals surface area contributed by atoms with Crippen molar-refractivity contribution in [1.29, 1.82) is 0 Å². The SMILES string of the molecule is CC(C)CCN=C(N)NCCNc1nccc(C(F)(F)F)n1. The van der Waals surface area contributed by atoms with E-state index in [0.717, 1.165) is 18.7 Å². The van der Waals surface area contributed by atoms with Crippen molar-refractivity contribution in [2.45, 2.75) is 26.4 Å². The Balaban J connectivity index is 2.33. The molecule has 0 fully saturated rings. The van der Waals surface area contributed by atoms with E-state index in [2.05, 4.69) is 39.4 Å². The van der Waals surface area contributed by atoms with Crippen molar-refractivity contribution in [2.75, 3.05) is 25.0 Å². The van der Waals surface area contributed by atoms with Crippen LogP contribution in [0.4, 0.5) is 19.1 Å². The first kappa shape index (κ1) is 18.0. The van der Waals surface area contributed by atoms with Gasteiger partial charge in [-0.1, -0.05) is 13.8 Å². The number of hydrogen-bond acceptors (Lipinski definition) is 4. The highest BCUT2D eigenvalue weighted by atomic mass is 19.4. The Hall–Kier alpha value is -2.06. The van der Waals surface area contributed by atoms with Gasteiger partial charge in [-0.3, -0.25) is 4.99 Å². The molecule has 0 spiro atoms. The number of aromatic nitrogens is 2. The maximum atomic E-state index is 12.5. The molecule has 1 aromatic rings. The molecule has 0 aliphatic rings. The van der Waals surface area contributed by atoms with Gasteiger partial charge in [-0.15, -0.1) is 0 Å². The van der Waals surface area contributed by atoms with Crippen molar-refractivity contribution >= 4 is 11.9 Å². The van der Waals surface area contributed by atoms with Gasteiger partial charge in [-0.2, -0.15) is 13.2 Å². The third-order valence-electron chi connectivity index (χ3n) is 2.65. The first-order valence-electron chi connectivity index (χ1n) is 6.97. The molecular weight excluding hydrogens is 297 g/mol. The average molecular weight is 318 g/mol. The van der Waals surface area contributed by atoms with Crippen LogP contribution in [0.25, 0.3) is 0 Å².